The van der Waals surface area contributed by atoms with Crippen molar-refractivity contribution < 1.29 is 47.3 Å². The van der Waals surface area contributed by atoms with Crippen LogP contribution in [-0.2, 0) is 27.7 Å². The molecule has 0 atom stereocenters. The van der Waals surface area contributed by atoms with Gasteiger partial charge in [-0.1, -0.05) is 0 Å². The van der Waals surface area contributed by atoms with Gasteiger partial charge in [0.05, 0.1) is 0 Å². The number of allylic oxidation sites excluding steroid dienone is 8. The molecule has 0 N–H and O–H groups in total. The minimum absolute atomic E-state index is 0.187. The van der Waals surface area contributed by atoms with Gasteiger partial charge in [0.15, 0.2) is 0 Å². The molecule has 0 aromatic heterocycles. The van der Waals surface area contributed by atoms with Crippen molar-refractivity contribution in [2.75, 3.05) is 0 Å². The van der Waals surface area contributed by atoms with Gasteiger partial charge < -0.3 is 0 Å². The molecule has 0 radical (unpaired) electrons. The Kier molecular flexibility index (Phi) is 7.36. The van der Waals surface area contributed by atoms with Crippen LogP contribution in [0.5, 0.6) is 11.5 Å². The Morgan fingerprint density at radius 2 is 0.864 bits per heavy atom. The van der Waals surface area contributed by atoms with Crippen LogP contribution in [0.15, 0.2) is 90.5 Å². The Morgan fingerprint density at radius 1 is 0.568 bits per heavy atom. The van der Waals surface area contributed by atoms with E-state index in [4.69, 9.17) is 5.63 Å². The topological polar surface area (TPSA) is 18.5 Å². The van der Waals surface area contributed by atoms with Crippen molar-refractivity contribution in [2.45, 2.75) is 76.0 Å². The Morgan fingerprint density at radius 3 is 1.11 bits per heavy atom. The van der Waals surface area contributed by atoms with Gasteiger partial charge >= 0.3 is 254 Å². The maximum atomic E-state index is 13.6. The molecule has 0 heterocycles. The first kappa shape index (κ1) is 34.6. The number of alkyl halides is 6. The summed E-state index contributed by atoms with van der Waals surface area (Å²) in [6, 6.07) is 9.18. The zero-order valence-corrected chi connectivity index (χ0v) is 30.5. The summed E-state index contributed by atoms with van der Waals surface area (Å²) in [7, 11) is 0. The molecule has 0 amide bonds. The van der Waals surface area contributed by atoms with Crippen LogP contribution in [0.25, 0.3) is 0 Å². The number of halogens is 6. The summed E-state index contributed by atoms with van der Waals surface area (Å²) in [5.74, 6) is 0.374. The van der Waals surface area contributed by atoms with Gasteiger partial charge in [-0.05, 0) is 0 Å². The van der Waals surface area contributed by atoms with Crippen LogP contribution >= 0.6 is 0 Å². The van der Waals surface area contributed by atoms with Crippen LogP contribution < -0.4 is 5.63 Å². The molecule has 0 saturated heterocycles. The molecule has 10 heteroatoms. The van der Waals surface area contributed by atoms with Crippen LogP contribution in [0.4, 0.5) is 26.3 Å². The van der Waals surface area contributed by atoms with E-state index < -0.39 is 38.8 Å². The summed E-state index contributed by atoms with van der Waals surface area (Å²) in [4.78, 5) is 0. The molecule has 0 bridgehead atoms. The van der Waals surface area contributed by atoms with Crippen molar-refractivity contribution in [1.29, 1.82) is 0 Å². The van der Waals surface area contributed by atoms with Crippen LogP contribution in [0.1, 0.15) is 65.5 Å². The predicted molar refractivity (Wildman–Crippen MR) is 165 cm³/mol. The van der Waals surface area contributed by atoms with Crippen LogP contribution in [0.3, 0.4) is 0 Å². The van der Waals surface area contributed by atoms with Crippen LogP contribution in [0, 0.1) is 10.8 Å². The molecule has 240 valence electrons. The van der Waals surface area contributed by atoms with Crippen molar-refractivity contribution >= 4 is 6.88 Å². The Hall–Kier alpha value is -2.32. The number of hydrogen-bond acceptors (Lipinski definition) is 2. The molecule has 2 aliphatic carbocycles. The summed E-state index contributed by atoms with van der Waals surface area (Å²) in [6.45, 7) is 14.1. The standard InChI is InChI=1S/2C9H13.2C7H5F3O.2CH3.H2Si.Zr/c2*1-9(2,3)8-6-4-5-7-8;2*8-7(9,10)5-1-3-6(11)4-2-5;;;;/h2*4,6H,5H2,1-3H3;2*1-4,11H;2*1H3;1H2;/q;;;;;;;+2/p-2. The van der Waals surface area contributed by atoms with E-state index in [1.54, 1.807) is 6.88 Å². The molecule has 44 heavy (non-hydrogen) atoms. The van der Waals surface area contributed by atoms with Crippen molar-refractivity contribution in [2.24, 2.45) is 10.8 Å². The maximum absolute atomic E-state index is 13.6. The fourth-order valence-corrected chi connectivity index (χ4v) is 32.9. The van der Waals surface area contributed by atoms with E-state index in [1.165, 1.54) is 24.3 Å². The van der Waals surface area contributed by atoms with E-state index in [-0.39, 0.29) is 22.3 Å². The molecular formula is C34H42F6O2SiZr. The summed E-state index contributed by atoms with van der Waals surface area (Å²) in [6.07, 6.45) is -0.00247. The Bertz CT molecular complexity index is 1620. The van der Waals surface area contributed by atoms with Gasteiger partial charge in [-0.25, -0.2) is 0 Å². The molecule has 0 saturated carbocycles. The second-order valence-corrected chi connectivity index (χ2v) is 57.0. The van der Waals surface area contributed by atoms with E-state index in [1.807, 2.05) is 21.4 Å². The van der Waals surface area contributed by atoms with Gasteiger partial charge in [-0.15, -0.1) is 0 Å². The molecule has 4 rings (SSSR count). The molecule has 0 fully saturated rings. The second-order valence-electron chi connectivity index (χ2n) is 16.0. The predicted octanol–water partition coefficient (Wildman–Crippen LogP) is 10.9. The molecule has 2 aromatic carbocycles. The first-order valence-electron chi connectivity index (χ1n) is 14.7. The third kappa shape index (κ3) is 5.74. The SMILES string of the molecule is CC(C)(C)C1=[C]([Zr]([CH3])([CH3])(=[SiH2])([O]c2ccc(C(F)(F)F)cc2)([O]c2ccc(C(F)(F)F)cc2)[C]2=C(C(C)(C)C)C=CC2)CC=C1. The van der Waals surface area contributed by atoms with Gasteiger partial charge in [0, 0.05) is 0 Å². The molecule has 0 unspecified atom stereocenters. The first-order chi connectivity index (χ1) is 19.6. The normalized spacial score (nSPS) is 19.1. The van der Waals surface area contributed by atoms with E-state index in [9.17, 15) is 26.3 Å². The Labute approximate surface area is 253 Å². The zero-order chi connectivity index (χ0) is 33.3. The number of hydrogen-bond donors (Lipinski definition) is 0. The van der Waals surface area contributed by atoms with Crippen LogP contribution in [0.2, 0.25) is 9.26 Å². The van der Waals surface area contributed by atoms with Gasteiger partial charge in [0.1, 0.15) is 0 Å². The van der Waals surface area contributed by atoms with Crippen molar-refractivity contribution in [1.82, 2.24) is 0 Å². The fourth-order valence-electron chi connectivity index (χ4n) is 7.16. The van der Waals surface area contributed by atoms with E-state index in [2.05, 4.69) is 53.7 Å². The molecule has 2 aromatic rings. The number of rotatable bonds is 6. The van der Waals surface area contributed by atoms with Crippen LogP contribution in [-0.4, -0.2) is 6.88 Å². The average molecular weight is 716 g/mol. The van der Waals surface area contributed by atoms with Gasteiger partial charge in [0.2, 0.25) is 0 Å². The molecule has 2 aliphatic rings. The summed E-state index contributed by atoms with van der Waals surface area (Å²) < 4.78 is 102. The van der Waals surface area contributed by atoms with Gasteiger partial charge in [-0.3, -0.25) is 0 Å². The van der Waals surface area contributed by atoms with Crippen molar-refractivity contribution in [3.05, 3.63) is 102 Å². The van der Waals surface area contributed by atoms with E-state index in [0.717, 1.165) is 42.0 Å². The molecule has 2 nitrogen and oxygen atoms in total. The van der Waals surface area contributed by atoms with Gasteiger partial charge in [0.25, 0.3) is 0 Å². The Balaban J connectivity index is 2.21. The molecule has 0 spiro atoms. The average Bonchev–Trinajstić information content (AvgIpc) is 3.55. The molecule has 0 aliphatic heterocycles. The van der Waals surface area contributed by atoms with E-state index >= 15 is 0 Å². The third-order valence-corrected chi connectivity index (χ3v) is 35.7. The zero-order valence-electron chi connectivity index (χ0n) is 26.6. The van der Waals surface area contributed by atoms with Crippen molar-refractivity contribution in [3.8, 4) is 11.5 Å². The quantitative estimate of drug-likeness (QED) is 0.219. The second kappa shape index (κ2) is 9.37. The summed E-state index contributed by atoms with van der Waals surface area (Å²) >= 11 is -6.89. The number of benzene rings is 2. The molecular weight excluding hydrogens is 674 g/mol. The summed E-state index contributed by atoms with van der Waals surface area (Å²) in [5.41, 5.74) is -0.452. The monoisotopic (exact) mass is 714 g/mol. The van der Waals surface area contributed by atoms with E-state index in [0.29, 0.717) is 12.8 Å². The first-order valence-corrected chi connectivity index (χ1v) is 30.0. The van der Waals surface area contributed by atoms with Gasteiger partial charge in [-0.2, -0.15) is 0 Å². The third-order valence-electron chi connectivity index (χ3n) is 9.35. The van der Waals surface area contributed by atoms with Crippen molar-refractivity contribution in [3.63, 3.8) is 0 Å². The minimum atomic E-state index is -6.89. The fraction of sp³-hybridized carbons (Fsp3) is 0.412. The summed E-state index contributed by atoms with van der Waals surface area (Å²) in [5, 5.41) is 0.